The van der Waals surface area contributed by atoms with Crippen molar-refractivity contribution < 1.29 is 13.6 Å². The summed E-state index contributed by atoms with van der Waals surface area (Å²) in [7, 11) is 0. The molecule has 1 aliphatic carbocycles. The highest BCUT2D eigenvalue weighted by Crippen LogP contribution is 2.40. The van der Waals surface area contributed by atoms with Crippen molar-refractivity contribution in [2.24, 2.45) is 5.92 Å². The van der Waals surface area contributed by atoms with Gasteiger partial charge in [-0.05, 0) is 25.0 Å². The Balaban J connectivity index is 1.75. The van der Waals surface area contributed by atoms with Crippen LogP contribution in [0.2, 0.25) is 0 Å². The van der Waals surface area contributed by atoms with Gasteiger partial charge in [-0.25, -0.2) is 18.4 Å². The Labute approximate surface area is 119 Å². The molecule has 1 fully saturated rings. The van der Waals surface area contributed by atoms with Gasteiger partial charge in [0.15, 0.2) is 12.0 Å². The molecule has 5 nitrogen and oxygen atoms in total. The van der Waals surface area contributed by atoms with E-state index in [1.54, 1.807) is 0 Å². The minimum absolute atomic E-state index is 0.0313. The fourth-order valence-corrected chi connectivity index (χ4v) is 2.68. The summed E-state index contributed by atoms with van der Waals surface area (Å²) in [5.74, 6) is -0.557. The molecule has 3 heterocycles. The van der Waals surface area contributed by atoms with Gasteiger partial charge >= 0.3 is 0 Å². The van der Waals surface area contributed by atoms with E-state index >= 15 is 0 Å². The van der Waals surface area contributed by atoms with E-state index in [9.17, 15) is 13.6 Å². The number of alkyl halides is 1. The quantitative estimate of drug-likeness (QED) is 0.814. The van der Waals surface area contributed by atoms with Crippen molar-refractivity contribution in [2.75, 3.05) is 0 Å². The predicted molar refractivity (Wildman–Crippen MR) is 67.9 cm³/mol. The summed E-state index contributed by atoms with van der Waals surface area (Å²) >= 11 is 0. The third-order valence-electron chi connectivity index (χ3n) is 3.93. The molecular weight excluding hydrogens is 278 g/mol. The van der Waals surface area contributed by atoms with E-state index in [4.69, 9.17) is 0 Å². The van der Waals surface area contributed by atoms with E-state index in [0.29, 0.717) is 0 Å². The van der Waals surface area contributed by atoms with Gasteiger partial charge in [0, 0.05) is 18.5 Å². The Bertz CT molecular complexity index is 726. The first-order valence-corrected chi connectivity index (χ1v) is 6.90. The van der Waals surface area contributed by atoms with Crippen LogP contribution in [0.5, 0.6) is 0 Å². The number of nitrogens with zero attached hydrogens (tertiary/aromatic N) is 4. The van der Waals surface area contributed by atoms with Crippen LogP contribution in [0.25, 0.3) is 0 Å². The van der Waals surface area contributed by atoms with Crippen molar-refractivity contribution in [3.05, 3.63) is 41.5 Å². The maximum Gasteiger partial charge on any atom is 0.217 e. The van der Waals surface area contributed by atoms with Crippen molar-refractivity contribution in [2.45, 2.75) is 31.5 Å². The molecule has 0 saturated heterocycles. The van der Waals surface area contributed by atoms with Crippen LogP contribution < -0.4 is 0 Å². The van der Waals surface area contributed by atoms with Gasteiger partial charge in [0.05, 0.1) is 0 Å². The van der Waals surface area contributed by atoms with Crippen molar-refractivity contribution >= 4 is 5.78 Å². The predicted octanol–water partition coefficient (Wildman–Crippen LogP) is 2.41. The van der Waals surface area contributed by atoms with E-state index < -0.39 is 18.0 Å². The lowest BCUT2D eigenvalue weighted by atomic mass is 10.1. The SMILES string of the molecule is O=C(c1nc2n(n1)[C@H](c1ncccc1F)C[C@@H]2F)C1CC1. The standard InChI is InChI=1S/C14H12F2N4O/c15-8-2-1-5-17-11(8)10-6-9(16)14-18-13(19-20(10)14)12(21)7-3-4-7/h1-2,5,7,9-10H,3-4,6H2/t9-,10-/m0/s1. The molecule has 2 atom stereocenters. The van der Waals surface area contributed by atoms with Gasteiger partial charge in [-0.15, -0.1) is 5.10 Å². The van der Waals surface area contributed by atoms with Crippen LogP contribution in [-0.4, -0.2) is 25.5 Å². The first-order valence-electron chi connectivity index (χ1n) is 6.90. The third kappa shape index (κ3) is 1.95. The molecule has 4 rings (SSSR count). The van der Waals surface area contributed by atoms with Crippen LogP contribution >= 0.6 is 0 Å². The van der Waals surface area contributed by atoms with Crippen LogP contribution in [0.1, 0.15) is 53.6 Å². The number of carbonyl (C=O) groups excluding carboxylic acids is 1. The molecule has 2 aromatic rings. The lowest BCUT2D eigenvalue weighted by Gasteiger charge is -2.11. The molecule has 0 N–H and O–H groups in total. The van der Waals surface area contributed by atoms with E-state index in [0.717, 1.165) is 12.8 Å². The number of fused-ring (bicyclic) bond motifs is 1. The average Bonchev–Trinajstić information content (AvgIpc) is 3.15. The summed E-state index contributed by atoms with van der Waals surface area (Å²) in [5.41, 5.74) is 0.134. The molecule has 0 unspecified atom stereocenters. The van der Waals surface area contributed by atoms with Crippen molar-refractivity contribution in [3.63, 3.8) is 0 Å². The number of pyridine rings is 1. The summed E-state index contributed by atoms with van der Waals surface area (Å²) in [5, 5.41) is 4.11. The van der Waals surface area contributed by atoms with E-state index in [2.05, 4.69) is 15.1 Å². The molecule has 2 aliphatic rings. The number of carbonyl (C=O) groups is 1. The molecule has 108 valence electrons. The number of rotatable bonds is 3. The Morgan fingerprint density at radius 3 is 2.90 bits per heavy atom. The normalized spacial score (nSPS) is 24.1. The van der Waals surface area contributed by atoms with E-state index in [-0.39, 0.29) is 35.5 Å². The Morgan fingerprint density at radius 1 is 1.38 bits per heavy atom. The van der Waals surface area contributed by atoms with Crippen LogP contribution in [-0.2, 0) is 0 Å². The fraction of sp³-hybridized carbons (Fsp3) is 0.429. The second-order valence-electron chi connectivity index (χ2n) is 5.47. The Kier molecular flexibility index (Phi) is 2.63. The summed E-state index contributed by atoms with van der Waals surface area (Å²) in [4.78, 5) is 20.0. The monoisotopic (exact) mass is 290 g/mol. The largest absolute Gasteiger partial charge is 0.290 e. The number of ketones is 1. The molecule has 0 radical (unpaired) electrons. The summed E-state index contributed by atoms with van der Waals surface area (Å²) in [6.07, 6.45) is 1.81. The summed E-state index contributed by atoms with van der Waals surface area (Å²) in [6.45, 7) is 0. The first kappa shape index (κ1) is 12.6. The summed E-state index contributed by atoms with van der Waals surface area (Å²) in [6, 6.07) is 2.11. The van der Waals surface area contributed by atoms with Gasteiger partial charge in [-0.1, -0.05) is 0 Å². The second-order valence-corrected chi connectivity index (χ2v) is 5.47. The minimum Gasteiger partial charge on any atom is -0.290 e. The number of Topliss-reactive ketones (excluding diaryl/α,β-unsaturated/α-hetero) is 1. The number of hydrogen-bond donors (Lipinski definition) is 0. The van der Waals surface area contributed by atoms with E-state index in [1.807, 2.05) is 0 Å². The fourth-order valence-electron chi connectivity index (χ4n) is 2.68. The van der Waals surface area contributed by atoms with Crippen LogP contribution in [0, 0.1) is 11.7 Å². The summed E-state index contributed by atoms with van der Waals surface area (Å²) < 4.78 is 29.3. The number of hydrogen-bond acceptors (Lipinski definition) is 4. The van der Waals surface area contributed by atoms with Gasteiger partial charge in [-0.3, -0.25) is 9.78 Å². The van der Waals surface area contributed by atoms with Crippen LogP contribution in [0.3, 0.4) is 0 Å². The zero-order valence-corrected chi connectivity index (χ0v) is 11.0. The molecular formula is C14H12F2N4O. The van der Waals surface area contributed by atoms with Crippen molar-refractivity contribution in [1.29, 1.82) is 0 Å². The van der Waals surface area contributed by atoms with Gasteiger partial charge < -0.3 is 0 Å². The highest BCUT2D eigenvalue weighted by Gasteiger charge is 2.40. The molecule has 21 heavy (non-hydrogen) atoms. The molecule has 7 heteroatoms. The molecule has 0 spiro atoms. The maximum atomic E-state index is 14.1. The number of halogens is 2. The molecule has 0 aromatic carbocycles. The molecule has 2 aromatic heterocycles. The zero-order valence-electron chi connectivity index (χ0n) is 11.0. The van der Waals surface area contributed by atoms with Crippen molar-refractivity contribution in [1.82, 2.24) is 19.7 Å². The second kappa shape index (κ2) is 4.41. The Hall–Kier alpha value is -2.18. The minimum atomic E-state index is -1.36. The molecule has 1 aliphatic heterocycles. The van der Waals surface area contributed by atoms with Gasteiger partial charge in [0.25, 0.3) is 0 Å². The number of aromatic nitrogens is 4. The Morgan fingerprint density at radius 2 is 2.19 bits per heavy atom. The maximum absolute atomic E-state index is 14.1. The zero-order chi connectivity index (χ0) is 14.6. The van der Waals surface area contributed by atoms with E-state index in [1.165, 1.54) is 23.0 Å². The van der Waals surface area contributed by atoms with Crippen LogP contribution in [0.15, 0.2) is 18.3 Å². The van der Waals surface area contributed by atoms with Crippen molar-refractivity contribution in [3.8, 4) is 0 Å². The highest BCUT2D eigenvalue weighted by atomic mass is 19.1. The lowest BCUT2D eigenvalue weighted by Crippen LogP contribution is -2.13. The molecule has 0 bridgehead atoms. The lowest BCUT2D eigenvalue weighted by molar-refractivity contribution is 0.0956. The van der Waals surface area contributed by atoms with Gasteiger partial charge in [0.2, 0.25) is 11.6 Å². The smallest absolute Gasteiger partial charge is 0.217 e. The topological polar surface area (TPSA) is 60.7 Å². The van der Waals surface area contributed by atoms with Gasteiger partial charge in [0.1, 0.15) is 17.6 Å². The third-order valence-corrected chi connectivity index (χ3v) is 3.93. The molecule has 1 saturated carbocycles. The highest BCUT2D eigenvalue weighted by molar-refractivity contribution is 5.95. The van der Waals surface area contributed by atoms with Crippen LogP contribution in [0.4, 0.5) is 8.78 Å². The first-order chi connectivity index (χ1) is 10.1. The molecule has 0 amide bonds. The average molecular weight is 290 g/mol. The van der Waals surface area contributed by atoms with Gasteiger partial charge in [-0.2, -0.15) is 0 Å².